The third kappa shape index (κ3) is 3.52. The maximum absolute atomic E-state index is 12.6. The maximum Gasteiger partial charge on any atom is 0.243 e. The Morgan fingerprint density at radius 2 is 2.21 bits per heavy atom. The molecule has 0 radical (unpaired) electrons. The second-order valence-electron chi connectivity index (χ2n) is 6.50. The molecule has 1 amide bonds. The molecule has 0 bridgehead atoms. The Morgan fingerprint density at radius 1 is 1.42 bits per heavy atom. The summed E-state index contributed by atoms with van der Waals surface area (Å²) in [6.45, 7) is 9.83. The number of anilines is 1. The summed E-state index contributed by atoms with van der Waals surface area (Å²) in [5.41, 5.74) is 0.983. The molecular formula is C17H25N5OS. The number of nitrogens with one attached hydrogen (secondary N) is 1. The number of rotatable bonds is 4. The highest BCUT2D eigenvalue weighted by Gasteiger charge is 2.29. The summed E-state index contributed by atoms with van der Waals surface area (Å²) in [6.07, 6.45) is 6.11. The van der Waals surface area contributed by atoms with Crippen LogP contribution in [0.2, 0.25) is 0 Å². The van der Waals surface area contributed by atoms with Gasteiger partial charge in [-0.15, -0.1) is 11.3 Å². The van der Waals surface area contributed by atoms with Gasteiger partial charge in [0, 0.05) is 29.9 Å². The van der Waals surface area contributed by atoms with E-state index >= 15 is 0 Å². The fourth-order valence-electron chi connectivity index (χ4n) is 3.24. The molecule has 0 spiro atoms. The second-order valence-corrected chi connectivity index (χ2v) is 7.70. The van der Waals surface area contributed by atoms with Crippen LogP contribution in [0.3, 0.4) is 0 Å². The number of nitrogens with zero attached hydrogens (tertiary/aromatic N) is 4. The minimum absolute atomic E-state index is 0.0201. The lowest BCUT2D eigenvalue weighted by atomic mass is 10.0. The highest BCUT2D eigenvalue weighted by atomic mass is 32.1. The van der Waals surface area contributed by atoms with Crippen molar-refractivity contribution < 1.29 is 4.79 Å². The first kappa shape index (κ1) is 17.1. The van der Waals surface area contributed by atoms with Crippen LogP contribution in [0.15, 0.2) is 12.4 Å². The molecule has 0 aliphatic carbocycles. The molecule has 7 heteroatoms. The molecular weight excluding hydrogens is 322 g/mol. The van der Waals surface area contributed by atoms with Crippen molar-refractivity contribution in [3.05, 3.63) is 28.8 Å². The van der Waals surface area contributed by atoms with Gasteiger partial charge in [-0.1, -0.05) is 0 Å². The third-order valence-electron chi connectivity index (χ3n) is 4.87. The Bertz CT molecular complexity index is 703. The van der Waals surface area contributed by atoms with Gasteiger partial charge in [0.25, 0.3) is 0 Å². The standard InChI is InChI=1S/C17H25N5OS/c1-11-13(3)24-17(19-11)20-16(23)12(2)21-8-5-6-15(10-21)22-9-7-18-14(22)4/h7,9,12,15H,5-6,8,10H2,1-4H3,(H,19,20,23)/t12-,15-/m1/s1. The van der Waals surface area contributed by atoms with Crippen molar-refractivity contribution in [2.75, 3.05) is 18.4 Å². The van der Waals surface area contributed by atoms with E-state index in [2.05, 4.69) is 24.8 Å². The van der Waals surface area contributed by atoms with E-state index in [4.69, 9.17) is 0 Å². The zero-order valence-electron chi connectivity index (χ0n) is 14.7. The average molecular weight is 347 g/mol. The first-order chi connectivity index (χ1) is 11.5. The molecule has 2 aromatic heterocycles. The van der Waals surface area contributed by atoms with Gasteiger partial charge in [-0.2, -0.15) is 0 Å². The van der Waals surface area contributed by atoms with E-state index in [1.165, 1.54) is 11.3 Å². The fraction of sp³-hybridized carbons (Fsp3) is 0.588. The molecule has 2 aromatic rings. The Hall–Kier alpha value is -1.73. The molecule has 1 aliphatic rings. The molecule has 1 N–H and O–H groups in total. The number of hydrogen-bond donors (Lipinski definition) is 1. The predicted molar refractivity (Wildman–Crippen MR) is 96.5 cm³/mol. The van der Waals surface area contributed by atoms with E-state index in [0.29, 0.717) is 11.2 Å². The molecule has 0 unspecified atom stereocenters. The van der Waals surface area contributed by atoms with Crippen LogP contribution in [-0.4, -0.2) is 44.5 Å². The van der Waals surface area contributed by atoms with Crippen LogP contribution in [0, 0.1) is 20.8 Å². The summed E-state index contributed by atoms with van der Waals surface area (Å²) in [6, 6.07) is 0.224. The van der Waals surface area contributed by atoms with Crippen molar-refractivity contribution in [2.45, 2.75) is 52.6 Å². The lowest BCUT2D eigenvalue weighted by molar-refractivity contribution is -0.121. The summed E-state index contributed by atoms with van der Waals surface area (Å²) in [4.78, 5) is 24.7. The van der Waals surface area contributed by atoms with E-state index in [-0.39, 0.29) is 11.9 Å². The normalized spacial score (nSPS) is 20.1. The molecule has 3 rings (SSSR count). The van der Waals surface area contributed by atoms with Gasteiger partial charge in [0.05, 0.1) is 11.7 Å². The number of amides is 1. The van der Waals surface area contributed by atoms with Gasteiger partial charge >= 0.3 is 0 Å². The average Bonchev–Trinajstić information content (AvgIpc) is 3.12. The van der Waals surface area contributed by atoms with Crippen LogP contribution in [0.1, 0.15) is 42.2 Å². The quantitative estimate of drug-likeness (QED) is 0.924. The molecule has 1 fully saturated rings. The molecule has 0 saturated carbocycles. The van der Waals surface area contributed by atoms with E-state index in [0.717, 1.165) is 42.3 Å². The molecule has 3 heterocycles. The highest BCUT2D eigenvalue weighted by molar-refractivity contribution is 7.15. The van der Waals surface area contributed by atoms with E-state index in [1.807, 2.05) is 40.1 Å². The second kappa shape index (κ2) is 7.03. The zero-order chi connectivity index (χ0) is 17.3. The Labute approximate surface area is 146 Å². The predicted octanol–water partition coefficient (Wildman–Crippen LogP) is 2.93. The van der Waals surface area contributed by atoms with E-state index in [9.17, 15) is 4.79 Å². The zero-order valence-corrected chi connectivity index (χ0v) is 15.6. The summed E-state index contributed by atoms with van der Waals surface area (Å²) in [7, 11) is 0. The molecule has 1 saturated heterocycles. The van der Waals surface area contributed by atoms with Gasteiger partial charge in [-0.3, -0.25) is 9.69 Å². The minimum Gasteiger partial charge on any atom is -0.331 e. The maximum atomic E-state index is 12.6. The van der Waals surface area contributed by atoms with Gasteiger partial charge in [0.1, 0.15) is 5.82 Å². The topological polar surface area (TPSA) is 63.1 Å². The third-order valence-corrected chi connectivity index (χ3v) is 5.86. The summed E-state index contributed by atoms with van der Waals surface area (Å²) in [5, 5.41) is 3.66. The van der Waals surface area contributed by atoms with E-state index < -0.39 is 0 Å². The number of thiazole rings is 1. The van der Waals surface area contributed by atoms with Crippen LogP contribution in [0.5, 0.6) is 0 Å². The number of carbonyl (C=O) groups is 1. The van der Waals surface area contributed by atoms with E-state index in [1.54, 1.807) is 0 Å². The van der Waals surface area contributed by atoms with Crippen LogP contribution < -0.4 is 5.32 Å². The van der Waals surface area contributed by atoms with Crippen molar-refractivity contribution in [1.29, 1.82) is 0 Å². The van der Waals surface area contributed by atoms with Crippen molar-refractivity contribution >= 4 is 22.4 Å². The van der Waals surface area contributed by atoms with Gasteiger partial charge in [0.2, 0.25) is 5.91 Å². The van der Waals surface area contributed by atoms with Crippen LogP contribution in [0.25, 0.3) is 0 Å². The number of hydrogen-bond acceptors (Lipinski definition) is 5. The van der Waals surface area contributed by atoms with Crippen molar-refractivity contribution in [3.63, 3.8) is 0 Å². The largest absolute Gasteiger partial charge is 0.331 e. The first-order valence-electron chi connectivity index (χ1n) is 8.44. The Kier molecular flexibility index (Phi) is 5.01. The smallest absolute Gasteiger partial charge is 0.243 e. The number of carbonyl (C=O) groups excluding carboxylic acids is 1. The lowest BCUT2D eigenvalue weighted by Gasteiger charge is -2.36. The number of piperidine rings is 1. The van der Waals surface area contributed by atoms with Crippen LogP contribution in [-0.2, 0) is 4.79 Å². The monoisotopic (exact) mass is 347 g/mol. The van der Waals surface area contributed by atoms with Crippen LogP contribution in [0.4, 0.5) is 5.13 Å². The molecule has 0 aromatic carbocycles. The molecule has 2 atom stereocenters. The summed E-state index contributed by atoms with van der Waals surface area (Å²) in [5.74, 6) is 1.06. The van der Waals surface area contributed by atoms with Crippen LogP contribution >= 0.6 is 11.3 Å². The summed E-state index contributed by atoms with van der Waals surface area (Å²) >= 11 is 1.53. The summed E-state index contributed by atoms with van der Waals surface area (Å²) < 4.78 is 2.23. The number of likely N-dealkylation sites (tertiary alicyclic amines) is 1. The van der Waals surface area contributed by atoms with Crippen molar-refractivity contribution in [2.24, 2.45) is 0 Å². The SMILES string of the molecule is Cc1nc(NC(=O)[C@@H](C)N2CCC[C@@H](n3ccnc3C)C2)sc1C. The molecule has 1 aliphatic heterocycles. The molecule has 130 valence electrons. The first-order valence-corrected chi connectivity index (χ1v) is 9.25. The Balaban J connectivity index is 1.64. The number of imidazole rings is 1. The minimum atomic E-state index is -0.166. The Morgan fingerprint density at radius 3 is 2.83 bits per heavy atom. The molecule has 6 nitrogen and oxygen atoms in total. The lowest BCUT2D eigenvalue weighted by Crippen LogP contribution is -2.47. The van der Waals surface area contributed by atoms with Gasteiger partial charge in [-0.25, -0.2) is 9.97 Å². The van der Waals surface area contributed by atoms with Gasteiger partial charge in [0.15, 0.2) is 5.13 Å². The van der Waals surface area contributed by atoms with Crippen molar-refractivity contribution in [1.82, 2.24) is 19.4 Å². The number of aryl methyl sites for hydroxylation is 3. The number of aromatic nitrogens is 3. The molecule has 24 heavy (non-hydrogen) atoms. The fourth-order valence-corrected chi connectivity index (χ4v) is 4.06. The van der Waals surface area contributed by atoms with Crippen molar-refractivity contribution in [3.8, 4) is 0 Å². The van der Waals surface area contributed by atoms with Gasteiger partial charge in [-0.05, 0) is 47.1 Å². The van der Waals surface area contributed by atoms with Gasteiger partial charge < -0.3 is 9.88 Å². The highest BCUT2D eigenvalue weighted by Crippen LogP contribution is 2.25.